The van der Waals surface area contributed by atoms with Crippen LogP contribution in [0.15, 0.2) is 22.7 Å². The molecule has 0 spiro atoms. The van der Waals surface area contributed by atoms with Crippen LogP contribution in [0.3, 0.4) is 0 Å². The summed E-state index contributed by atoms with van der Waals surface area (Å²) in [6.07, 6.45) is 6.25. The maximum atomic E-state index is 14.2. The lowest BCUT2D eigenvalue weighted by Gasteiger charge is -2.37. The minimum absolute atomic E-state index is 0.142. The van der Waals surface area contributed by atoms with Crippen LogP contribution in [0.2, 0.25) is 0 Å². The van der Waals surface area contributed by atoms with Gasteiger partial charge in [-0.15, -0.1) is 0 Å². The van der Waals surface area contributed by atoms with E-state index in [9.17, 15) is 4.39 Å². The maximum Gasteiger partial charge on any atom is 0.127 e. The molecule has 1 N–H and O–H groups in total. The van der Waals surface area contributed by atoms with Gasteiger partial charge in [0.25, 0.3) is 0 Å². The first kappa shape index (κ1) is 16.9. The Bertz CT molecular complexity index is 460. The lowest BCUT2D eigenvalue weighted by atomic mass is 9.87. The number of nitrogens with one attached hydrogen (secondary N) is 1. The van der Waals surface area contributed by atoms with Crippen LogP contribution in [0.4, 0.5) is 4.39 Å². The molecule has 21 heavy (non-hydrogen) atoms. The van der Waals surface area contributed by atoms with Gasteiger partial charge >= 0.3 is 0 Å². The summed E-state index contributed by atoms with van der Waals surface area (Å²) in [4.78, 5) is 0. The Morgan fingerprint density at radius 3 is 2.67 bits per heavy atom. The lowest BCUT2D eigenvalue weighted by Crippen LogP contribution is -2.52. The van der Waals surface area contributed by atoms with Gasteiger partial charge in [0.1, 0.15) is 5.82 Å². The largest absolute Gasteiger partial charge is 0.377 e. The van der Waals surface area contributed by atoms with Gasteiger partial charge in [-0.1, -0.05) is 41.8 Å². The van der Waals surface area contributed by atoms with Crippen LogP contribution in [0.1, 0.15) is 44.6 Å². The molecule has 4 heteroatoms. The molecule has 1 saturated carbocycles. The summed E-state index contributed by atoms with van der Waals surface area (Å²) in [5.41, 5.74) is 0.615. The van der Waals surface area contributed by atoms with Gasteiger partial charge in [-0.3, -0.25) is 0 Å². The van der Waals surface area contributed by atoms with E-state index in [2.05, 4.69) is 28.2 Å². The Morgan fingerprint density at radius 1 is 1.38 bits per heavy atom. The van der Waals surface area contributed by atoms with E-state index in [1.54, 1.807) is 13.2 Å². The fraction of sp³-hybridized carbons (Fsp3) is 0.647. The van der Waals surface area contributed by atoms with Crippen LogP contribution < -0.4 is 5.32 Å². The van der Waals surface area contributed by atoms with Crippen molar-refractivity contribution in [3.63, 3.8) is 0 Å². The van der Waals surface area contributed by atoms with Crippen molar-refractivity contribution in [1.29, 1.82) is 0 Å². The second-order valence-electron chi connectivity index (χ2n) is 5.92. The third-order valence-electron chi connectivity index (χ3n) is 4.57. The second kappa shape index (κ2) is 7.70. The van der Waals surface area contributed by atoms with E-state index < -0.39 is 0 Å². The first-order valence-corrected chi connectivity index (χ1v) is 8.63. The SMILES string of the molecule is CCCNC(Cc1ccc(Br)cc1F)C1(OC)CCCC1. The van der Waals surface area contributed by atoms with Crippen molar-refractivity contribution >= 4 is 15.9 Å². The normalized spacial score (nSPS) is 18.9. The van der Waals surface area contributed by atoms with E-state index in [0.717, 1.165) is 35.8 Å². The predicted octanol–water partition coefficient (Wildman–Crippen LogP) is 4.46. The van der Waals surface area contributed by atoms with Crippen molar-refractivity contribution in [2.24, 2.45) is 0 Å². The minimum atomic E-state index is -0.144. The molecule has 2 rings (SSSR count). The minimum Gasteiger partial charge on any atom is -0.377 e. The quantitative estimate of drug-likeness (QED) is 0.777. The Hall–Kier alpha value is -0.450. The third-order valence-corrected chi connectivity index (χ3v) is 5.06. The summed E-state index contributed by atoms with van der Waals surface area (Å²) in [6, 6.07) is 5.49. The van der Waals surface area contributed by atoms with E-state index in [1.165, 1.54) is 12.8 Å². The molecule has 2 nitrogen and oxygen atoms in total. The molecule has 1 unspecified atom stereocenters. The third kappa shape index (κ3) is 4.05. The highest BCUT2D eigenvalue weighted by molar-refractivity contribution is 9.10. The molecule has 0 heterocycles. The van der Waals surface area contributed by atoms with Crippen LogP contribution in [-0.4, -0.2) is 25.3 Å². The van der Waals surface area contributed by atoms with Gasteiger partial charge in [0, 0.05) is 17.6 Å². The molecule has 1 aliphatic rings. The number of ether oxygens (including phenoxy) is 1. The topological polar surface area (TPSA) is 21.3 Å². The fourth-order valence-electron chi connectivity index (χ4n) is 3.34. The zero-order valence-corrected chi connectivity index (χ0v) is 14.5. The van der Waals surface area contributed by atoms with Gasteiger partial charge in [0.2, 0.25) is 0 Å². The maximum absolute atomic E-state index is 14.2. The number of benzene rings is 1. The Morgan fingerprint density at radius 2 is 2.10 bits per heavy atom. The van der Waals surface area contributed by atoms with Crippen molar-refractivity contribution in [3.8, 4) is 0 Å². The van der Waals surface area contributed by atoms with Crippen LogP contribution in [0.5, 0.6) is 0 Å². The smallest absolute Gasteiger partial charge is 0.127 e. The summed E-state index contributed by atoms with van der Waals surface area (Å²) in [6.45, 7) is 3.09. The average Bonchev–Trinajstić information content (AvgIpc) is 2.95. The van der Waals surface area contributed by atoms with Gasteiger partial charge in [-0.25, -0.2) is 4.39 Å². The Balaban J connectivity index is 2.19. The van der Waals surface area contributed by atoms with Crippen LogP contribution in [0, 0.1) is 5.82 Å². The van der Waals surface area contributed by atoms with Gasteiger partial charge in [-0.2, -0.15) is 0 Å². The zero-order valence-electron chi connectivity index (χ0n) is 12.9. The highest BCUT2D eigenvalue weighted by Crippen LogP contribution is 2.37. The molecule has 0 saturated heterocycles. The predicted molar refractivity (Wildman–Crippen MR) is 88.1 cm³/mol. The summed E-state index contributed by atoms with van der Waals surface area (Å²) >= 11 is 3.31. The molecule has 0 aromatic heterocycles. The van der Waals surface area contributed by atoms with E-state index in [-0.39, 0.29) is 17.5 Å². The summed E-state index contributed by atoms with van der Waals surface area (Å²) in [7, 11) is 1.80. The second-order valence-corrected chi connectivity index (χ2v) is 6.84. The molecular weight excluding hydrogens is 333 g/mol. The summed E-state index contributed by atoms with van der Waals surface area (Å²) < 4.78 is 20.8. The summed E-state index contributed by atoms with van der Waals surface area (Å²) in [5, 5.41) is 3.59. The first-order valence-electron chi connectivity index (χ1n) is 7.84. The van der Waals surface area contributed by atoms with Crippen LogP contribution in [0.25, 0.3) is 0 Å². The standard InChI is InChI=1S/C17H25BrFNO/c1-3-10-20-16(17(21-2)8-4-5-9-17)11-13-6-7-14(18)12-15(13)19/h6-7,12,16,20H,3-5,8-11H2,1-2H3. The van der Waals surface area contributed by atoms with Crippen molar-refractivity contribution in [2.75, 3.05) is 13.7 Å². The van der Waals surface area contributed by atoms with E-state index >= 15 is 0 Å². The number of halogens is 2. The molecule has 0 bridgehead atoms. The molecule has 1 aromatic carbocycles. The van der Waals surface area contributed by atoms with Gasteiger partial charge in [0.15, 0.2) is 0 Å². The van der Waals surface area contributed by atoms with E-state index in [4.69, 9.17) is 4.74 Å². The van der Waals surface area contributed by atoms with Crippen molar-refractivity contribution in [2.45, 2.75) is 57.1 Å². The lowest BCUT2D eigenvalue weighted by molar-refractivity contribution is -0.0356. The van der Waals surface area contributed by atoms with Crippen molar-refractivity contribution < 1.29 is 9.13 Å². The Labute approximate surface area is 135 Å². The molecule has 1 atom stereocenters. The van der Waals surface area contributed by atoms with Gasteiger partial charge in [0.05, 0.1) is 5.60 Å². The average molecular weight is 358 g/mol. The van der Waals surface area contributed by atoms with E-state index in [1.807, 2.05) is 12.1 Å². The molecule has 118 valence electrons. The van der Waals surface area contributed by atoms with Crippen molar-refractivity contribution in [1.82, 2.24) is 5.32 Å². The monoisotopic (exact) mass is 357 g/mol. The van der Waals surface area contributed by atoms with Crippen LogP contribution >= 0.6 is 15.9 Å². The van der Waals surface area contributed by atoms with Crippen molar-refractivity contribution in [3.05, 3.63) is 34.1 Å². The van der Waals surface area contributed by atoms with Crippen LogP contribution in [-0.2, 0) is 11.2 Å². The molecule has 0 amide bonds. The molecule has 1 fully saturated rings. The van der Waals surface area contributed by atoms with Gasteiger partial charge in [-0.05, 0) is 49.9 Å². The Kier molecular flexibility index (Phi) is 6.20. The summed E-state index contributed by atoms with van der Waals surface area (Å²) in [5.74, 6) is -0.142. The van der Waals surface area contributed by atoms with Gasteiger partial charge < -0.3 is 10.1 Å². The molecule has 1 aliphatic carbocycles. The van der Waals surface area contributed by atoms with E-state index in [0.29, 0.717) is 6.42 Å². The fourth-order valence-corrected chi connectivity index (χ4v) is 3.67. The highest BCUT2D eigenvalue weighted by Gasteiger charge is 2.41. The number of rotatable bonds is 7. The number of methoxy groups -OCH3 is 1. The highest BCUT2D eigenvalue weighted by atomic mass is 79.9. The number of hydrogen-bond acceptors (Lipinski definition) is 2. The molecule has 1 aromatic rings. The molecule has 0 radical (unpaired) electrons. The first-order chi connectivity index (χ1) is 10.1. The number of hydrogen-bond donors (Lipinski definition) is 1. The molecular formula is C17H25BrFNO. The zero-order chi connectivity index (χ0) is 15.3. The molecule has 0 aliphatic heterocycles.